The van der Waals surface area contributed by atoms with Crippen molar-refractivity contribution < 1.29 is 4.79 Å². The molecular formula is C14H19NO. The summed E-state index contributed by atoms with van der Waals surface area (Å²) in [4.78, 5) is 14.0. The molecule has 0 spiro atoms. The Morgan fingerprint density at radius 2 is 1.81 bits per heavy atom. The number of hydrogen-bond acceptors (Lipinski definition) is 2. The third-order valence-corrected chi connectivity index (χ3v) is 2.59. The van der Waals surface area contributed by atoms with Gasteiger partial charge in [0.25, 0.3) is 0 Å². The zero-order valence-corrected chi connectivity index (χ0v) is 10.0. The average Bonchev–Trinajstić information content (AvgIpc) is 2.35. The second-order valence-electron chi connectivity index (χ2n) is 3.62. The lowest BCUT2D eigenvalue weighted by Crippen LogP contribution is -2.22. The highest BCUT2D eigenvalue weighted by atomic mass is 16.1. The number of allylic oxidation sites excluding steroid dienone is 1. The maximum Gasteiger partial charge on any atom is 0.185 e. The third kappa shape index (κ3) is 3.99. The highest BCUT2D eigenvalue weighted by molar-refractivity contribution is 6.04. The molecule has 0 amide bonds. The van der Waals surface area contributed by atoms with Gasteiger partial charge in [-0.3, -0.25) is 4.79 Å². The summed E-state index contributed by atoms with van der Waals surface area (Å²) in [6.07, 6.45) is 3.59. The molecule has 0 saturated carbocycles. The molecule has 0 aliphatic carbocycles. The number of ketones is 1. The van der Waals surface area contributed by atoms with Crippen LogP contribution in [0, 0.1) is 0 Å². The van der Waals surface area contributed by atoms with Gasteiger partial charge in [0.1, 0.15) is 0 Å². The van der Waals surface area contributed by atoms with Crippen LogP contribution in [0.2, 0.25) is 0 Å². The summed E-state index contributed by atoms with van der Waals surface area (Å²) < 4.78 is 0. The van der Waals surface area contributed by atoms with Crippen molar-refractivity contribution in [3.63, 3.8) is 0 Å². The standard InChI is InChI=1S/C14H19NO/c1-3-15(4-2)12-8-11-14(16)13-9-6-5-7-10-13/h5-11H,3-4,12H2,1-2H3/b11-8+. The monoisotopic (exact) mass is 217 g/mol. The van der Waals surface area contributed by atoms with Crippen molar-refractivity contribution in [2.24, 2.45) is 0 Å². The molecule has 1 aromatic rings. The molecular weight excluding hydrogens is 198 g/mol. The normalized spacial score (nSPS) is 11.2. The number of benzene rings is 1. The van der Waals surface area contributed by atoms with Gasteiger partial charge in [-0.25, -0.2) is 0 Å². The van der Waals surface area contributed by atoms with Crippen molar-refractivity contribution in [1.29, 1.82) is 0 Å². The number of rotatable bonds is 6. The molecule has 0 saturated heterocycles. The summed E-state index contributed by atoms with van der Waals surface area (Å²) in [5.74, 6) is 0.0766. The first-order chi connectivity index (χ1) is 7.77. The Kier molecular flexibility index (Phi) is 5.51. The van der Waals surface area contributed by atoms with Gasteiger partial charge >= 0.3 is 0 Å². The maximum atomic E-state index is 11.7. The van der Waals surface area contributed by atoms with E-state index in [0.29, 0.717) is 0 Å². The van der Waals surface area contributed by atoms with Crippen LogP contribution in [0.3, 0.4) is 0 Å². The van der Waals surface area contributed by atoms with Crippen LogP contribution in [-0.2, 0) is 0 Å². The molecule has 0 heterocycles. The fourth-order valence-corrected chi connectivity index (χ4v) is 1.49. The largest absolute Gasteiger partial charge is 0.300 e. The summed E-state index contributed by atoms with van der Waals surface area (Å²) >= 11 is 0. The molecule has 0 radical (unpaired) electrons. The smallest absolute Gasteiger partial charge is 0.185 e. The van der Waals surface area contributed by atoms with Crippen LogP contribution >= 0.6 is 0 Å². The second-order valence-corrected chi connectivity index (χ2v) is 3.62. The second kappa shape index (κ2) is 6.96. The van der Waals surface area contributed by atoms with E-state index in [9.17, 15) is 4.79 Å². The van der Waals surface area contributed by atoms with Gasteiger partial charge in [0.05, 0.1) is 0 Å². The Hall–Kier alpha value is -1.41. The van der Waals surface area contributed by atoms with E-state index in [1.165, 1.54) is 0 Å². The summed E-state index contributed by atoms with van der Waals surface area (Å²) in [6, 6.07) is 9.35. The first kappa shape index (κ1) is 12.7. The van der Waals surface area contributed by atoms with Crippen LogP contribution < -0.4 is 0 Å². The molecule has 1 rings (SSSR count). The quantitative estimate of drug-likeness (QED) is 0.539. The number of carbonyl (C=O) groups is 1. The molecule has 0 unspecified atom stereocenters. The lowest BCUT2D eigenvalue weighted by atomic mass is 10.1. The van der Waals surface area contributed by atoms with Gasteiger partial charge in [-0.05, 0) is 19.2 Å². The van der Waals surface area contributed by atoms with E-state index < -0.39 is 0 Å². The highest BCUT2D eigenvalue weighted by Gasteiger charge is 1.99. The Bertz CT molecular complexity index is 339. The van der Waals surface area contributed by atoms with Crippen LogP contribution in [0.4, 0.5) is 0 Å². The lowest BCUT2D eigenvalue weighted by molar-refractivity contribution is 0.104. The minimum absolute atomic E-state index is 0.0766. The molecule has 0 atom stereocenters. The first-order valence-electron chi connectivity index (χ1n) is 5.76. The zero-order valence-electron chi connectivity index (χ0n) is 10.0. The fraction of sp³-hybridized carbons (Fsp3) is 0.357. The zero-order chi connectivity index (χ0) is 11.8. The molecule has 0 aromatic heterocycles. The number of nitrogens with zero attached hydrogens (tertiary/aromatic N) is 1. The maximum absolute atomic E-state index is 11.7. The highest BCUT2D eigenvalue weighted by Crippen LogP contribution is 2.00. The SMILES string of the molecule is CCN(CC)C/C=C/C(=O)c1ccccc1. The van der Waals surface area contributed by atoms with Gasteiger partial charge in [0.15, 0.2) is 5.78 Å². The van der Waals surface area contributed by atoms with E-state index in [4.69, 9.17) is 0 Å². The van der Waals surface area contributed by atoms with Crippen molar-refractivity contribution in [2.75, 3.05) is 19.6 Å². The van der Waals surface area contributed by atoms with Gasteiger partial charge in [-0.2, -0.15) is 0 Å². The van der Waals surface area contributed by atoms with Crippen LogP contribution in [-0.4, -0.2) is 30.3 Å². The van der Waals surface area contributed by atoms with Gasteiger partial charge in [0.2, 0.25) is 0 Å². The van der Waals surface area contributed by atoms with Crippen LogP contribution in [0.1, 0.15) is 24.2 Å². The van der Waals surface area contributed by atoms with E-state index >= 15 is 0 Å². The van der Waals surface area contributed by atoms with Crippen molar-refractivity contribution in [1.82, 2.24) is 4.90 Å². The Labute approximate surface area is 97.6 Å². The topological polar surface area (TPSA) is 20.3 Å². The molecule has 0 N–H and O–H groups in total. The molecule has 1 aromatic carbocycles. The molecule has 0 aliphatic heterocycles. The average molecular weight is 217 g/mol. The minimum Gasteiger partial charge on any atom is -0.300 e. The van der Waals surface area contributed by atoms with Gasteiger partial charge in [-0.15, -0.1) is 0 Å². The summed E-state index contributed by atoms with van der Waals surface area (Å²) in [5, 5.41) is 0. The number of hydrogen-bond donors (Lipinski definition) is 0. The molecule has 16 heavy (non-hydrogen) atoms. The predicted molar refractivity (Wildman–Crippen MR) is 67.7 cm³/mol. The Balaban J connectivity index is 2.49. The number of likely N-dealkylation sites (N-methyl/N-ethyl adjacent to an activating group) is 1. The van der Waals surface area contributed by atoms with Gasteiger partial charge in [0, 0.05) is 12.1 Å². The van der Waals surface area contributed by atoms with Crippen LogP contribution in [0.15, 0.2) is 42.5 Å². The van der Waals surface area contributed by atoms with E-state index in [0.717, 1.165) is 25.2 Å². The van der Waals surface area contributed by atoms with Crippen molar-refractivity contribution in [2.45, 2.75) is 13.8 Å². The molecule has 86 valence electrons. The predicted octanol–water partition coefficient (Wildman–Crippen LogP) is 2.77. The Morgan fingerprint density at radius 3 is 2.38 bits per heavy atom. The third-order valence-electron chi connectivity index (χ3n) is 2.59. The molecule has 2 heteroatoms. The van der Waals surface area contributed by atoms with Gasteiger partial charge < -0.3 is 4.90 Å². The molecule has 0 aliphatic rings. The van der Waals surface area contributed by atoms with E-state index in [-0.39, 0.29) is 5.78 Å². The summed E-state index contributed by atoms with van der Waals surface area (Å²) in [5.41, 5.74) is 0.748. The van der Waals surface area contributed by atoms with E-state index in [1.54, 1.807) is 6.08 Å². The number of carbonyl (C=O) groups excluding carboxylic acids is 1. The molecule has 0 fully saturated rings. The van der Waals surface area contributed by atoms with Gasteiger partial charge in [-0.1, -0.05) is 50.3 Å². The van der Waals surface area contributed by atoms with Crippen molar-refractivity contribution in [3.05, 3.63) is 48.0 Å². The first-order valence-corrected chi connectivity index (χ1v) is 5.76. The molecule has 0 bridgehead atoms. The Morgan fingerprint density at radius 1 is 1.19 bits per heavy atom. The lowest BCUT2D eigenvalue weighted by Gasteiger charge is -2.14. The van der Waals surface area contributed by atoms with E-state index in [1.807, 2.05) is 36.4 Å². The summed E-state index contributed by atoms with van der Waals surface area (Å²) in [6.45, 7) is 7.11. The van der Waals surface area contributed by atoms with E-state index in [2.05, 4.69) is 18.7 Å². The molecule has 2 nitrogen and oxygen atoms in total. The van der Waals surface area contributed by atoms with Crippen molar-refractivity contribution in [3.8, 4) is 0 Å². The minimum atomic E-state index is 0.0766. The summed E-state index contributed by atoms with van der Waals surface area (Å²) in [7, 11) is 0. The van der Waals surface area contributed by atoms with Crippen molar-refractivity contribution >= 4 is 5.78 Å². The van der Waals surface area contributed by atoms with Crippen LogP contribution in [0.25, 0.3) is 0 Å². The fourth-order valence-electron chi connectivity index (χ4n) is 1.49. The van der Waals surface area contributed by atoms with Crippen LogP contribution in [0.5, 0.6) is 0 Å².